The zero-order valence-corrected chi connectivity index (χ0v) is 20.7. The lowest BCUT2D eigenvalue weighted by atomic mass is 10.1. The van der Waals surface area contributed by atoms with Gasteiger partial charge in [0.05, 0.1) is 5.56 Å². The fourth-order valence-corrected chi connectivity index (χ4v) is 3.90. The average molecular weight is 476 g/mol. The van der Waals surface area contributed by atoms with Crippen LogP contribution in [0.2, 0.25) is 0 Å². The first-order valence-electron chi connectivity index (χ1n) is 11.1. The van der Waals surface area contributed by atoms with Crippen LogP contribution in [0.1, 0.15) is 57.1 Å². The minimum absolute atomic E-state index is 0.0911. The SMILES string of the molecule is CC(=O)Nc1cc(NC(C)=O)cc(C(=O)OCC(=O)c2cc(C)n(-c3ccc(C)c(C)c3)c2C)c1. The molecule has 2 N–H and O–H groups in total. The number of Topliss-reactive ketones (excluding diaryl/α,β-unsaturated/α-hetero) is 1. The summed E-state index contributed by atoms with van der Waals surface area (Å²) in [6.07, 6.45) is 0. The van der Waals surface area contributed by atoms with E-state index in [0.717, 1.165) is 22.6 Å². The molecule has 0 radical (unpaired) electrons. The van der Waals surface area contributed by atoms with Crippen LogP contribution < -0.4 is 10.6 Å². The van der Waals surface area contributed by atoms with Gasteiger partial charge in [0.2, 0.25) is 17.6 Å². The minimum Gasteiger partial charge on any atom is -0.454 e. The van der Waals surface area contributed by atoms with Crippen molar-refractivity contribution in [1.82, 2.24) is 4.57 Å². The smallest absolute Gasteiger partial charge is 0.338 e. The number of anilines is 2. The minimum atomic E-state index is -0.750. The molecule has 8 heteroatoms. The number of esters is 1. The van der Waals surface area contributed by atoms with Crippen molar-refractivity contribution in [1.29, 1.82) is 0 Å². The van der Waals surface area contributed by atoms with Crippen molar-refractivity contribution in [3.05, 3.63) is 76.1 Å². The second kappa shape index (κ2) is 10.4. The van der Waals surface area contributed by atoms with Gasteiger partial charge >= 0.3 is 5.97 Å². The van der Waals surface area contributed by atoms with E-state index in [2.05, 4.69) is 16.7 Å². The highest BCUT2D eigenvalue weighted by atomic mass is 16.5. The number of aromatic nitrogens is 1. The zero-order chi connectivity index (χ0) is 25.9. The van der Waals surface area contributed by atoms with Crippen molar-refractivity contribution >= 4 is 34.9 Å². The molecule has 0 atom stereocenters. The molecule has 0 saturated heterocycles. The average Bonchev–Trinajstić information content (AvgIpc) is 3.06. The first kappa shape index (κ1) is 25.4. The Kier molecular flexibility index (Phi) is 7.54. The number of hydrogen-bond acceptors (Lipinski definition) is 5. The van der Waals surface area contributed by atoms with E-state index in [0.29, 0.717) is 16.9 Å². The van der Waals surface area contributed by atoms with Crippen molar-refractivity contribution in [2.24, 2.45) is 0 Å². The molecule has 3 rings (SSSR count). The molecule has 2 aromatic carbocycles. The van der Waals surface area contributed by atoms with Gasteiger partial charge in [-0.2, -0.15) is 0 Å². The second-order valence-electron chi connectivity index (χ2n) is 8.55. The Balaban J connectivity index is 1.80. The number of amides is 2. The van der Waals surface area contributed by atoms with Crippen molar-refractivity contribution in [3.63, 3.8) is 0 Å². The molecule has 182 valence electrons. The summed E-state index contributed by atoms with van der Waals surface area (Å²) in [7, 11) is 0. The third kappa shape index (κ3) is 6.03. The van der Waals surface area contributed by atoms with E-state index in [1.807, 2.05) is 44.4 Å². The number of nitrogens with one attached hydrogen (secondary N) is 2. The maximum atomic E-state index is 12.9. The van der Waals surface area contributed by atoms with Crippen molar-refractivity contribution in [2.45, 2.75) is 41.5 Å². The van der Waals surface area contributed by atoms with Gasteiger partial charge in [-0.05, 0) is 75.2 Å². The van der Waals surface area contributed by atoms with E-state index < -0.39 is 12.6 Å². The fraction of sp³-hybridized carbons (Fsp3) is 0.259. The molecule has 0 aliphatic heterocycles. The van der Waals surface area contributed by atoms with Gasteiger partial charge in [0.25, 0.3) is 0 Å². The monoisotopic (exact) mass is 475 g/mol. The Morgan fingerprint density at radius 2 is 1.40 bits per heavy atom. The number of benzene rings is 2. The van der Waals surface area contributed by atoms with Crippen LogP contribution in [0.5, 0.6) is 0 Å². The number of ketones is 1. The molecule has 3 aromatic rings. The lowest BCUT2D eigenvalue weighted by Gasteiger charge is -2.12. The van der Waals surface area contributed by atoms with Crippen LogP contribution in [-0.2, 0) is 14.3 Å². The molecule has 0 bridgehead atoms. The third-order valence-corrected chi connectivity index (χ3v) is 5.62. The highest BCUT2D eigenvalue weighted by Gasteiger charge is 2.19. The third-order valence-electron chi connectivity index (χ3n) is 5.62. The predicted octanol–water partition coefficient (Wildman–Crippen LogP) is 4.67. The number of carbonyl (C=O) groups is 4. The molecule has 0 spiro atoms. The summed E-state index contributed by atoms with van der Waals surface area (Å²) < 4.78 is 7.28. The van der Waals surface area contributed by atoms with Gasteiger partial charge in [0.15, 0.2) is 6.61 Å². The molecule has 0 aliphatic carbocycles. The Labute approximate surface area is 204 Å². The lowest BCUT2D eigenvalue weighted by Crippen LogP contribution is -2.16. The number of ether oxygens (including phenoxy) is 1. The molecule has 0 unspecified atom stereocenters. The van der Waals surface area contributed by atoms with E-state index in [1.54, 1.807) is 6.07 Å². The summed E-state index contributed by atoms with van der Waals surface area (Å²) >= 11 is 0. The van der Waals surface area contributed by atoms with Gasteiger partial charge < -0.3 is 19.9 Å². The van der Waals surface area contributed by atoms with Crippen LogP contribution in [0.15, 0.2) is 42.5 Å². The van der Waals surface area contributed by atoms with Crippen LogP contribution in [0.25, 0.3) is 5.69 Å². The number of aryl methyl sites for hydroxylation is 3. The van der Waals surface area contributed by atoms with Gasteiger partial charge in [0.1, 0.15) is 0 Å². The highest BCUT2D eigenvalue weighted by Crippen LogP contribution is 2.24. The number of hydrogen-bond donors (Lipinski definition) is 2. The van der Waals surface area contributed by atoms with Crippen LogP contribution in [0.4, 0.5) is 11.4 Å². The fourth-order valence-electron chi connectivity index (χ4n) is 3.90. The van der Waals surface area contributed by atoms with Crippen LogP contribution in [0.3, 0.4) is 0 Å². The van der Waals surface area contributed by atoms with Gasteiger partial charge in [-0.15, -0.1) is 0 Å². The molecule has 8 nitrogen and oxygen atoms in total. The van der Waals surface area contributed by atoms with Gasteiger partial charge in [-0.25, -0.2) is 4.79 Å². The van der Waals surface area contributed by atoms with E-state index in [4.69, 9.17) is 4.74 Å². The van der Waals surface area contributed by atoms with Crippen molar-refractivity contribution in [3.8, 4) is 5.69 Å². The van der Waals surface area contributed by atoms with E-state index in [9.17, 15) is 19.2 Å². The normalized spacial score (nSPS) is 10.6. The van der Waals surface area contributed by atoms with Crippen LogP contribution in [0, 0.1) is 27.7 Å². The van der Waals surface area contributed by atoms with Crippen LogP contribution in [-0.4, -0.2) is 34.7 Å². The van der Waals surface area contributed by atoms with Gasteiger partial charge in [0, 0.05) is 47.9 Å². The Hall–Kier alpha value is -4.20. The largest absolute Gasteiger partial charge is 0.454 e. The molecule has 35 heavy (non-hydrogen) atoms. The molecule has 1 heterocycles. The van der Waals surface area contributed by atoms with Crippen molar-refractivity contribution < 1.29 is 23.9 Å². The molecular formula is C27H29N3O5. The summed E-state index contributed by atoms with van der Waals surface area (Å²) in [6, 6.07) is 12.3. The molecule has 0 fully saturated rings. The van der Waals surface area contributed by atoms with Crippen LogP contribution >= 0.6 is 0 Å². The Bertz CT molecular complexity index is 1300. The van der Waals surface area contributed by atoms with Crippen molar-refractivity contribution in [2.75, 3.05) is 17.2 Å². The van der Waals surface area contributed by atoms with E-state index >= 15 is 0 Å². The summed E-state index contributed by atoms with van der Waals surface area (Å²) in [5.74, 6) is -1.75. The van der Waals surface area contributed by atoms with E-state index in [-0.39, 0.29) is 23.2 Å². The molecule has 1 aromatic heterocycles. The quantitative estimate of drug-likeness (QED) is 0.382. The Morgan fingerprint density at radius 1 is 0.800 bits per heavy atom. The molecular weight excluding hydrogens is 446 g/mol. The zero-order valence-electron chi connectivity index (χ0n) is 20.7. The summed E-state index contributed by atoms with van der Waals surface area (Å²) in [4.78, 5) is 48.5. The van der Waals surface area contributed by atoms with E-state index in [1.165, 1.54) is 37.6 Å². The van der Waals surface area contributed by atoms with Gasteiger partial charge in [-0.3, -0.25) is 14.4 Å². The summed E-state index contributed by atoms with van der Waals surface area (Å²) in [5.41, 5.74) is 6.14. The molecule has 2 amide bonds. The summed E-state index contributed by atoms with van der Waals surface area (Å²) in [5, 5.41) is 5.15. The number of rotatable bonds is 7. The Morgan fingerprint density at radius 3 is 1.94 bits per heavy atom. The maximum Gasteiger partial charge on any atom is 0.338 e. The first-order valence-corrected chi connectivity index (χ1v) is 11.1. The maximum absolute atomic E-state index is 12.9. The standard InChI is InChI=1S/C27H29N3O5/c1-15-7-8-24(9-16(15)2)30-17(3)10-25(18(30)4)26(33)14-35-27(34)21-11-22(28-19(5)31)13-23(12-21)29-20(6)32/h7-13H,14H2,1-6H3,(H,28,31)(H,29,32). The number of carbonyl (C=O) groups excluding carboxylic acids is 4. The summed E-state index contributed by atoms with van der Waals surface area (Å²) in [6.45, 7) is 10.1. The first-order chi connectivity index (χ1) is 16.5. The predicted molar refractivity (Wildman–Crippen MR) is 134 cm³/mol. The molecule has 0 saturated carbocycles. The lowest BCUT2D eigenvalue weighted by molar-refractivity contribution is -0.115. The molecule has 0 aliphatic rings. The number of nitrogens with zero attached hydrogens (tertiary/aromatic N) is 1. The second-order valence-corrected chi connectivity index (χ2v) is 8.55. The highest BCUT2D eigenvalue weighted by molar-refractivity contribution is 6.02. The topological polar surface area (TPSA) is 107 Å². The van der Waals surface area contributed by atoms with Gasteiger partial charge in [-0.1, -0.05) is 6.07 Å².